The van der Waals surface area contributed by atoms with E-state index < -0.39 is 5.82 Å². The number of thiophene rings is 1. The molecule has 0 radical (unpaired) electrons. The van der Waals surface area contributed by atoms with Crippen LogP contribution in [0.2, 0.25) is 5.02 Å². The monoisotopic (exact) mass is 321 g/mol. The number of aromatic nitrogens is 2. The predicted octanol–water partition coefficient (Wildman–Crippen LogP) is 4.81. The molecule has 0 fully saturated rings. The smallest absolute Gasteiger partial charge is 0.167 e. The Balaban J connectivity index is 2.35. The second-order valence-electron chi connectivity index (χ2n) is 4.71. The maximum Gasteiger partial charge on any atom is 0.167 e. The Morgan fingerprint density at radius 3 is 2.67 bits per heavy atom. The molecule has 2 aromatic heterocycles. The van der Waals surface area contributed by atoms with E-state index >= 15 is 0 Å². The SMILES string of the molecule is CNc1nc(-c2c(F)cccc2Cl)nc2sc(C)c(C)c12. The molecule has 0 saturated heterocycles. The van der Waals surface area contributed by atoms with Crippen LogP contribution in [0.15, 0.2) is 18.2 Å². The minimum absolute atomic E-state index is 0.237. The van der Waals surface area contributed by atoms with Gasteiger partial charge in [0, 0.05) is 11.9 Å². The van der Waals surface area contributed by atoms with Gasteiger partial charge in [0.15, 0.2) is 5.82 Å². The lowest BCUT2D eigenvalue weighted by atomic mass is 10.1. The molecule has 0 atom stereocenters. The molecule has 21 heavy (non-hydrogen) atoms. The minimum Gasteiger partial charge on any atom is -0.372 e. The summed E-state index contributed by atoms with van der Waals surface area (Å²) in [4.78, 5) is 11.0. The summed E-state index contributed by atoms with van der Waals surface area (Å²) < 4.78 is 14.1. The van der Waals surface area contributed by atoms with E-state index in [-0.39, 0.29) is 5.56 Å². The Bertz CT molecular complexity index is 824. The van der Waals surface area contributed by atoms with Gasteiger partial charge in [-0.15, -0.1) is 11.3 Å². The molecule has 0 aliphatic heterocycles. The van der Waals surface area contributed by atoms with E-state index in [1.807, 2.05) is 13.8 Å². The summed E-state index contributed by atoms with van der Waals surface area (Å²) in [6.07, 6.45) is 0. The number of benzene rings is 1. The van der Waals surface area contributed by atoms with Crippen LogP contribution in [0, 0.1) is 19.7 Å². The molecule has 6 heteroatoms. The third-order valence-electron chi connectivity index (χ3n) is 3.45. The van der Waals surface area contributed by atoms with Gasteiger partial charge in [0.1, 0.15) is 16.5 Å². The highest BCUT2D eigenvalue weighted by Crippen LogP contribution is 2.36. The van der Waals surface area contributed by atoms with Gasteiger partial charge in [0.2, 0.25) is 0 Å². The number of aryl methyl sites for hydroxylation is 2. The van der Waals surface area contributed by atoms with E-state index in [2.05, 4.69) is 15.3 Å². The Hall–Kier alpha value is -1.72. The van der Waals surface area contributed by atoms with Crippen molar-refractivity contribution in [1.82, 2.24) is 9.97 Å². The van der Waals surface area contributed by atoms with Crippen LogP contribution in [0.4, 0.5) is 10.2 Å². The van der Waals surface area contributed by atoms with Gasteiger partial charge in [-0.3, -0.25) is 0 Å². The lowest BCUT2D eigenvalue weighted by Gasteiger charge is -2.08. The predicted molar refractivity (Wildman–Crippen MR) is 86.8 cm³/mol. The maximum atomic E-state index is 14.1. The Morgan fingerprint density at radius 2 is 2.00 bits per heavy atom. The zero-order valence-corrected chi connectivity index (χ0v) is 13.4. The van der Waals surface area contributed by atoms with Gasteiger partial charge >= 0.3 is 0 Å². The lowest BCUT2D eigenvalue weighted by Crippen LogP contribution is -1.99. The third kappa shape index (κ3) is 2.26. The van der Waals surface area contributed by atoms with Crippen molar-refractivity contribution in [2.45, 2.75) is 13.8 Å². The summed E-state index contributed by atoms with van der Waals surface area (Å²) >= 11 is 7.68. The van der Waals surface area contributed by atoms with Crippen LogP contribution >= 0.6 is 22.9 Å². The molecule has 1 N–H and O–H groups in total. The Kier molecular flexibility index (Phi) is 3.55. The molecule has 0 saturated carbocycles. The first kappa shape index (κ1) is 14.2. The summed E-state index contributed by atoms with van der Waals surface area (Å²) in [6.45, 7) is 4.07. The van der Waals surface area contributed by atoms with Crippen LogP contribution in [0.25, 0.3) is 21.6 Å². The molecule has 108 valence electrons. The van der Waals surface area contributed by atoms with Crippen LogP contribution in [0.5, 0.6) is 0 Å². The quantitative estimate of drug-likeness (QED) is 0.736. The highest BCUT2D eigenvalue weighted by molar-refractivity contribution is 7.18. The molecule has 0 spiro atoms. The number of fused-ring (bicyclic) bond motifs is 1. The molecule has 3 aromatic rings. The van der Waals surface area contributed by atoms with E-state index in [1.54, 1.807) is 30.5 Å². The molecule has 0 aliphatic rings. The first-order chi connectivity index (χ1) is 10.0. The molecular formula is C15H13ClFN3S. The summed E-state index contributed by atoms with van der Waals surface area (Å²) in [5.74, 6) is 0.571. The number of halogens is 2. The lowest BCUT2D eigenvalue weighted by molar-refractivity contribution is 0.630. The fourth-order valence-corrected chi connectivity index (χ4v) is 3.53. The zero-order valence-electron chi connectivity index (χ0n) is 11.8. The summed E-state index contributed by atoms with van der Waals surface area (Å²) in [6, 6.07) is 4.56. The molecular weight excluding hydrogens is 309 g/mol. The maximum absolute atomic E-state index is 14.1. The molecule has 2 heterocycles. The fourth-order valence-electron chi connectivity index (χ4n) is 2.25. The van der Waals surface area contributed by atoms with Crippen molar-refractivity contribution < 1.29 is 4.39 Å². The minimum atomic E-state index is -0.422. The number of rotatable bonds is 2. The van der Waals surface area contributed by atoms with Crippen LogP contribution in [0.3, 0.4) is 0 Å². The topological polar surface area (TPSA) is 37.8 Å². The molecule has 1 aromatic carbocycles. The van der Waals surface area contributed by atoms with Crippen molar-refractivity contribution in [3.63, 3.8) is 0 Å². The van der Waals surface area contributed by atoms with Crippen molar-refractivity contribution in [3.05, 3.63) is 39.5 Å². The van der Waals surface area contributed by atoms with Crippen molar-refractivity contribution in [2.24, 2.45) is 0 Å². The standard InChI is InChI=1S/C15H13ClFN3S/c1-7-8(2)21-15-11(7)13(18-3)19-14(20-15)12-9(16)5-4-6-10(12)17/h4-6H,1-3H3,(H,18,19,20). The zero-order chi connectivity index (χ0) is 15.1. The van der Waals surface area contributed by atoms with Crippen molar-refractivity contribution in [2.75, 3.05) is 12.4 Å². The van der Waals surface area contributed by atoms with Gasteiger partial charge in [-0.05, 0) is 31.5 Å². The van der Waals surface area contributed by atoms with E-state index in [9.17, 15) is 4.39 Å². The van der Waals surface area contributed by atoms with Gasteiger partial charge in [0.05, 0.1) is 16.0 Å². The third-order valence-corrected chi connectivity index (χ3v) is 4.87. The molecule has 3 rings (SSSR count). The van der Waals surface area contributed by atoms with E-state index in [0.717, 1.165) is 15.8 Å². The molecule has 0 bridgehead atoms. The van der Waals surface area contributed by atoms with Gasteiger partial charge < -0.3 is 5.32 Å². The van der Waals surface area contributed by atoms with Crippen LogP contribution in [0.1, 0.15) is 10.4 Å². The molecule has 3 nitrogen and oxygen atoms in total. The highest BCUT2D eigenvalue weighted by Gasteiger charge is 2.18. The normalized spacial score (nSPS) is 11.1. The summed E-state index contributed by atoms with van der Waals surface area (Å²) in [7, 11) is 1.79. The van der Waals surface area contributed by atoms with Crippen LogP contribution < -0.4 is 5.32 Å². The van der Waals surface area contributed by atoms with Gasteiger partial charge in [-0.25, -0.2) is 14.4 Å². The van der Waals surface area contributed by atoms with E-state index in [4.69, 9.17) is 11.6 Å². The Labute approximate surface area is 130 Å². The number of nitrogens with one attached hydrogen (secondary N) is 1. The van der Waals surface area contributed by atoms with Crippen molar-refractivity contribution in [1.29, 1.82) is 0 Å². The average molecular weight is 322 g/mol. The second kappa shape index (κ2) is 5.24. The first-order valence-electron chi connectivity index (χ1n) is 6.42. The van der Waals surface area contributed by atoms with Crippen molar-refractivity contribution >= 4 is 39.0 Å². The van der Waals surface area contributed by atoms with Crippen LogP contribution in [-0.2, 0) is 0 Å². The number of anilines is 1. The number of hydrogen-bond donors (Lipinski definition) is 1. The molecule has 0 unspecified atom stereocenters. The average Bonchev–Trinajstić information content (AvgIpc) is 2.73. The summed E-state index contributed by atoms with van der Waals surface area (Å²) in [5, 5.41) is 4.35. The second-order valence-corrected chi connectivity index (χ2v) is 6.32. The first-order valence-corrected chi connectivity index (χ1v) is 7.62. The van der Waals surface area contributed by atoms with Gasteiger partial charge in [-0.1, -0.05) is 17.7 Å². The highest BCUT2D eigenvalue weighted by atomic mass is 35.5. The summed E-state index contributed by atoms with van der Waals surface area (Å²) in [5.41, 5.74) is 1.38. The van der Waals surface area contributed by atoms with Crippen LogP contribution in [-0.4, -0.2) is 17.0 Å². The van der Waals surface area contributed by atoms with Gasteiger partial charge in [-0.2, -0.15) is 0 Å². The van der Waals surface area contributed by atoms with E-state index in [0.29, 0.717) is 16.7 Å². The molecule has 0 amide bonds. The number of nitrogens with zero attached hydrogens (tertiary/aromatic N) is 2. The Morgan fingerprint density at radius 1 is 1.24 bits per heavy atom. The van der Waals surface area contributed by atoms with Crippen molar-refractivity contribution in [3.8, 4) is 11.4 Å². The number of hydrogen-bond acceptors (Lipinski definition) is 4. The van der Waals surface area contributed by atoms with E-state index in [1.165, 1.54) is 10.9 Å². The van der Waals surface area contributed by atoms with Gasteiger partial charge in [0.25, 0.3) is 0 Å². The molecule has 0 aliphatic carbocycles. The fraction of sp³-hybridized carbons (Fsp3) is 0.200. The largest absolute Gasteiger partial charge is 0.372 e.